The van der Waals surface area contributed by atoms with Crippen LogP contribution in [0.1, 0.15) is 27.2 Å². The van der Waals surface area contributed by atoms with E-state index in [0.29, 0.717) is 11.6 Å². The van der Waals surface area contributed by atoms with Crippen molar-refractivity contribution < 1.29 is 4.74 Å². The molecule has 0 saturated heterocycles. The van der Waals surface area contributed by atoms with Gasteiger partial charge in [0.2, 0.25) is 0 Å². The van der Waals surface area contributed by atoms with Crippen molar-refractivity contribution in [2.75, 3.05) is 6.61 Å². The fraction of sp³-hybridized carbons (Fsp3) is 0.500. The van der Waals surface area contributed by atoms with Crippen LogP contribution >= 0.6 is 27.5 Å². The summed E-state index contributed by atoms with van der Waals surface area (Å²) >= 11 is 9.41. The first kappa shape index (κ1) is 12.9. The lowest BCUT2D eigenvalue weighted by molar-refractivity contribution is 0.175. The topological polar surface area (TPSA) is 9.23 Å². The first-order chi connectivity index (χ1) is 6.94. The first-order valence-electron chi connectivity index (χ1n) is 5.02. The molecule has 0 radical (unpaired) electrons. The van der Waals surface area contributed by atoms with E-state index in [2.05, 4.69) is 36.7 Å². The van der Waals surface area contributed by atoms with E-state index in [1.54, 1.807) is 0 Å². The summed E-state index contributed by atoms with van der Waals surface area (Å²) in [7, 11) is 0. The Balaban J connectivity index is 2.66. The van der Waals surface area contributed by atoms with Gasteiger partial charge >= 0.3 is 0 Å². The molecule has 1 rings (SSSR count). The second-order valence-electron chi connectivity index (χ2n) is 4.38. The zero-order valence-electron chi connectivity index (χ0n) is 9.31. The molecule has 0 unspecified atom stereocenters. The van der Waals surface area contributed by atoms with Crippen molar-refractivity contribution in [1.29, 1.82) is 0 Å². The van der Waals surface area contributed by atoms with Gasteiger partial charge in [0.1, 0.15) is 5.75 Å². The number of benzene rings is 1. The van der Waals surface area contributed by atoms with Gasteiger partial charge in [0.05, 0.1) is 11.6 Å². The molecule has 0 bridgehead atoms. The molecule has 1 aromatic carbocycles. The van der Waals surface area contributed by atoms with Crippen molar-refractivity contribution in [2.24, 2.45) is 5.41 Å². The van der Waals surface area contributed by atoms with Crippen LogP contribution < -0.4 is 4.74 Å². The SMILES string of the molecule is CCC(C)(C)COc1ccc(Br)cc1Cl. The molecule has 0 aliphatic carbocycles. The van der Waals surface area contributed by atoms with Crippen molar-refractivity contribution in [3.8, 4) is 5.75 Å². The number of rotatable bonds is 4. The number of ether oxygens (including phenoxy) is 1. The standard InChI is InChI=1S/C12H16BrClO/c1-4-12(2,3)8-15-11-6-5-9(13)7-10(11)14/h5-7H,4,8H2,1-3H3. The summed E-state index contributed by atoms with van der Waals surface area (Å²) in [5.41, 5.74) is 0.191. The van der Waals surface area contributed by atoms with E-state index in [1.165, 1.54) is 0 Å². The molecule has 0 aliphatic heterocycles. The van der Waals surface area contributed by atoms with Gasteiger partial charge in [-0.15, -0.1) is 0 Å². The van der Waals surface area contributed by atoms with Crippen molar-refractivity contribution in [3.05, 3.63) is 27.7 Å². The Morgan fingerprint density at radius 2 is 2.07 bits per heavy atom. The lowest BCUT2D eigenvalue weighted by atomic mass is 9.92. The lowest BCUT2D eigenvalue weighted by Gasteiger charge is -2.23. The maximum Gasteiger partial charge on any atom is 0.137 e. The van der Waals surface area contributed by atoms with Gasteiger partial charge in [-0.2, -0.15) is 0 Å². The second kappa shape index (κ2) is 5.22. The molecule has 1 nitrogen and oxygen atoms in total. The summed E-state index contributed by atoms with van der Waals surface area (Å²) in [6.07, 6.45) is 1.08. The predicted octanol–water partition coefficient (Wildman–Crippen LogP) is 4.92. The van der Waals surface area contributed by atoms with E-state index in [-0.39, 0.29) is 5.41 Å². The number of hydrogen-bond acceptors (Lipinski definition) is 1. The average Bonchev–Trinajstić information content (AvgIpc) is 2.16. The largest absolute Gasteiger partial charge is 0.491 e. The predicted molar refractivity (Wildman–Crippen MR) is 68.7 cm³/mol. The van der Waals surface area contributed by atoms with Crippen molar-refractivity contribution in [1.82, 2.24) is 0 Å². The zero-order chi connectivity index (χ0) is 11.5. The third-order valence-electron chi connectivity index (χ3n) is 2.47. The Hall–Kier alpha value is -0.210. The van der Waals surface area contributed by atoms with Crippen LogP contribution in [-0.2, 0) is 0 Å². The van der Waals surface area contributed by atoms with Gasteiger partial charge in [-0.3, -0.25) is 0 Å². The smallest absolute Gasteiger partial charge is 0.137 e. The van der Waals surface area contributed by atoms with E-state index >= 15 is 0 Å². The molecular formula is C12H16BrClO. The van der Waals surface area contributed by atoms with Gasteiger partial charge < -0.3 is 4.74 Å². The molecule has 0 atom stereocenters. The van der Waals surface area contributed by atoms with E-state index < -0.39 is 0 Å². The van der Waals surface area contributed by atoms with Crippen LogP contribution in [0.5, 0.6) is 5.75 Å². The molecule has 0 aliphatic rings. The summed E-state index contributed by atoms with van der Waals surface area (Å²) in [5, 5.41) is 0.649. The fourth-order valence-electron chi connectivity index (χ4n) is 0.967. The van der Waals surface area contributed by atoms with Crippen LogP contribution in [0.25, 0.3) is 0 Å². The normalized spacial score (nSPS) is 11.5. The quantitative estimate of drug-likeness (QED) is 0.765. The molecule has 84 valence electrons. The van der Waals surface area contributed by atoms with E-state index in [1.807, 2.05) is 18.2 Å². The maximum atomic E-state index is 6.05. The van der Waals surface area contributed by atoms with Crippen molar-refractivity contribution in [3.63, 3.8) is 0 Å². The van der Waals surface area contributed by atoms with Crippen LogP contribution in [0, 0.1) is 5.41 Å². The minimum absolute atomic E-state index is 0.191. The molecule has 1 aromatic rings. The van der Waals surface area contributed by atoms with Gasteiger partial charge in [-0.05, 0) is 30.0 Å². The highest BCUT2D eigenvalue weighted by atomic mass is 79.9. The first-order valence-corrected chi connectivity index (χ1v) is 6.19. The summed E-state index contributed by atoms with van der Waals surface area (Å²) in [5.74, 6) is 0.751. The average molecular weight is 292 g/mol. The summed E-state index contributed by atoms with van der Waals surface area (Å²) < 4.78 is 6.66. The Bertz CT molecular complexity index is 336. The fourth-order valence-corrected chi connectivity index (χ4v) is 1.70. The Morgan fingerprint density at radius 1 is 1.40 bits per heavy atom. The van der Waals surface area contributed by atoms with Crippen molar-refractivity contribution in [2.45, 2.75) is 27.2 Å². The molecule has 0 aromatic heterocycles. The summed E-state index contributed by atoms with van der Waals surface area (Å²) in [6.45, 7) is 7.21. The van der Waals surface area contributed by atoms with E-state index in [0.717, 1.165) is 16.6 Å². The highest BCUT2D eigenvalue weighted by Gasteiger charge is 2.16. The number of halogens is 2. The van der Waals surface area contributed by atoms with Crippen LogP contribution in [0.15, 0.2) is 22.7 Å². The summed E-state index contributed by atoms with van der Waals surface area (Å²) in [6, 6.07) is 5.66. The van der Waals surface area contributed by atoms with E-state index in [4.69, 9.17) is 16.3 Å². The monoisotopic (exact) mass is 290 g/mol. The third kappa shape index (κ3) is 4.04. The Morgan fingerprint density at radius 3 is 2.60 bits per heavy atom. The van der Waals surface area contributed by atoms with Gasteiger partial charge in [-0.1, -0.05) is 48.3 Å². The molecule has 15 heavy (non-hydrogen) atoms. The Labute approximate surface area is 105 Å². The maximum absolute atomic E-state index is 6.05. The van der Waals surface area contributed by atoms with Gasteiger partial charge in [0, 0.05) is 4.47 Å². The molecule has 0 heterocycles. The van der Waals surface area contributed by atoms with E-state index in [9.17, 15) is 0 Å². The van der Waals surface area contributed by atoms with Gasteiger partial charge in [-0.25, -0.2) is 0 Å². The van der Waals surface area contributed by atoms with Crippen LogP contribution in [0.2, 0.25) is 5.02 Å². The molecule has 0 spiro atoms. The van der Waals surface area contributed by atoms with Crippen LogP contribution in [0.4, 0.5) is 0 Å². The molecule has 0 saturated carbocycles. The minimum atomic E-state index is 0.191. The molecule has 0 amide bonds. The second-order valence-corrected chi connectivity index (χ2v) is 5.70. The molecule has 0 fully saturated rings. The highest BCUT2D eigenvalue weighted by molar-refractivity contribution is 9.10. The summed E-state index contributed by atoms with van der Waals surface area (Å²) in [4.78, 5) is 0. The minimum Gasteiger partial charge on any atom is -0.491 e. The van der Waals surface area contributed by atoms with Crippen molar-refractivity contribution >= 4 is 27.5 Å². The van der Waals surface area contributed by atoms with Gasteiger partial charge in [0.15, 0.2) is 0 Å². The zero-order valence-corrected chi connectivity index (χ0v) is 11.7. The Kier molecular flexibility index (Phi) is 4.47. The highest BCUT2D eigenvalue weighted by Crippen LogP contribution is 2.29. The van der Waals surface area contributed by atoms with Gasteiger partial charge in [0.25, 0.3) is 0 Å². The van der Waals surface area contributed by atoms with Crippen LogP contribution in [-0.4, -0.2) is 6.61 Å². The molecular weight excluding hydrogens is 275 g/mol. The third-order valence-corrected chi connectivity index (χ3v) is 3.26. The molecule has 0 N–H and O–H groups in total. The molecule has 3 heteroatoms. The lowest BCUT2D eigenvalue weighted by Crippen LogP contribution is -2.20. The van der Waals surface area contributed by atoms with Crippen LogP contribution in [0.3, 0.4) is 0 Å². The number of hydrogen-bond donors (Lipinski definition) is 0.